The number of phenolic OH excluding ortho intramolecular Hbond substituents is 1. The Hall–Kier alpha value is -3.21. The summed E-state index contributed by atoms with van der Waals surface area (Å²) >= 11 is 6.09. The molecule has 0 saturated carbocycles. The van der Waals surface area contributed by atoms with Crippen molar-refractivity contribution in [2.75, 3.05) is 26.2 Å². The zero-order valence-corrected chi connectivity index (χ0v) is 20.7. The quantitative estimate of drug-likeness (QED) is 0.259. The predicted octanol–water partition coefficient (Wildman–Crippen LogP) is 7.64. The van der Waals surface area contributed by atoms with Gasteiger partial charge < -0.3 is 14.3 Å². The van der Waals surface area contributed by atoms with Crippen LogP contribution in [-0.2, 0) is 0 Å². The highest BCUT2D eigenvalue weighted by Crippen LogP contribution is 2.37. The standard InChI is InChI=1S/C30H30ClNO3/c1-2-27(23-9-14-28-24(19-23)20-29(31)35-28)30(21-5-10-25(33)11-6-21)22-7-12-26(13-8-22)34-18-17-32-15-3-4-16-32/h5-14,19-20,33H,2-4,15-18H2,1H3/b30-27-. The van der Waals surface area contributed by atoms with Crippen LogP contribution in [0.1, 0.15) is 42.9 Å². The van der Waals surface area contributed by atoms with Crippen LogP contribution in [0, 0.1) is 0 Å². The molecule has 0 bridgehead atoms. The van der Waals surface area contributed by atoms with Crippen LogP contribution in [0.15, 0.2) is 77.2 Å². The Bertz CT molecular complexity index is 1320. The van der Waals surface area contributed by atoms with Gasteiger partial charge in [0.1, 0.15) is 23.7 Å². The Kier molecular flexibility index (Phi) is 7.12. The lowest BCUT2D eigenvalue weighted by atomic mass is 9.88. The number of likely N-dealkylation sites (tertiary alicyclic amines) is 1. The molecule has 1 N–H and O–H groups in total. The predicted molar refractivity (Wildman–Crippen MR) is 143 cm³/mol. The molecule has 4 aromatic rings. The summed E-state index contributed by atoms with van der Waals surface area (Å²) in [6.45, 7) is 6.20. The SMILES string of the molecule is CC/C(=C(\c1ccc(O)cc1)c1ccc(OCCN2CCCC2)cc1)c1ccc2oc(Cl)cc2c1. The minimum atomic E-state index is 0.252. The number of nitrogens with zero attached hydrogens (tertiary/aromatic N) is 1. The van der Waals surface area contributed by atoms with Gasteiger partial charge in [-0.3, -0.25) is 4.90 Å². The Morgan fingerprint density at radius 2 is 1.57 bits per heavy atom. The van der Waals surface area contributed by atoms with Gasteiger partial charge in [0, 0.05) is 18.0 Å². The average molecular weight is 488 g/mol. The number of phenols is 1. The first-order valence-electron chi connectivity index (χ1n) is 12.3. The highest BCUT2D eigenvalue weighted by Gasteiger charge is 2.15. The molecule has 1 aromatic heterocycles. The van der Waals surface area contributed by atoms with E-state index in [-0.39, 0.29) is 5.75 Å². The maximum absolute atomic E-state index is 9.88. The first kappa shape index (κ1) is 23.5. The molecule has 5 rings (SSSR count). The van der Waals surface area contributed by atoms with E-state index in [1.165, 1.54) is 31.5 Å². The lowest BCUT2D eigenvalue weighted by Gasteiger charge is -2.18. The number of furan rings is 1. The fourth-order valence-electron chi connectivity index (χ4n) is 4.88. The highest BCUT2D eigenvalue weighted by atomic mass is 35.5. The lowest BCUT2D eigenvalue weighted by molar-refractivity contribution is 0.238. The largest absolute Gasteiger partial charge is 0.508 e. The van der Waals surface area contributed by atoms with Gasteiger partial charge in [0.25, 0.3) is 0 Å². The van der Waals surface area contributed by atoms with Crippen molar-refractivity contribution in [3.8, 4) is 11.5 Å². The fourth-order valence-corrected chi connectivity index (χ4v) is 5.08. The molecular formula is C30H30ClNO3. The molecule has 0 aliphatic carbocycles. The molecule has 0 unspecified atom stereocenters. The first-order valence-corrected chi connectivity index (χ1v) is 12.7. The van der Waals surface area contributed by atoms with E-state index < -0.39 is 0 Å². The number of fused-ring (bicyclic) bond motifs is 1. The number of benzene rings is 3. The van der Waals surface area contributed by atoms with E-state index in [2.05, 4.69) is 36.1 Å². The number of ether oxygens (including phenoxy) is 1. The van der Waals surface area contributed by atoms with Crippen LogP contribution in [-0.4, -0.2) is 36.2 Å². The zero-order valence-electron chi connectivity index (χ0n) is 20.0. The third kappa shape index (κ3) is 5.39. The van der Waals surface area contributed by atoms with Crippen molar-refractivity contribution in [1.82, 2.24) is 4.90 Å². The molecule has 1 saturated heterocycles. The second-order valence-electron chi connectivity index (χ2n) is 8.98. The Balaban J connectivity index is 1.49. The first-order chi connectivity index (χ1) is 17.1. The van der Waals surface area contributed by atoms with E-state index in [1.807, 2.05) is 36.4 Å². The molecule has 1 aliphatic heterocycles. The Morgan fingerprint density at radius 1 is 0.914 bits per heavy atom. The van der Waals surface area contributed by atoms with Crippen LogP contribution in [0.25, 0.3) is 22.1 Å². The van der Waals surface area contributed by atoms with Crippen LogP contribution in [0.4, 0.5) is 0 Å². The molecule has 1 aliphatic rings. The topological polar surface area (TPSA) is 45.8 Å². The lowest BCUT2D eigenvalue weighted by Crippen LogP contribution is -2.25. The van der Waals surface area contributed by atoms with Gasteiger partial charge in [-0.2, -0.15) is 0 Å². The average Bonchev–Trinajstić information content (AvgIpc) is 3.52. The maximum atomic E-state index is 9.88. The number of allylic oxidation sites excluding steroid dienone is 1. The number of hydrogen-bond donors (Lipinski definition) is 1. The second-order valence-corrected chi connectivity index (χ2v) is 9.35. The van der Waals surface area contributed by atoms with Crippen molar-refractivity contribution in [3.63, 3.8) is 0 Å². The molecule has 1 fully saturated rings. The van der Waals surface area contributed by atoms with Gasteiger partial charge in [0.05, 0.1) is 0 Å². The summed E-state index contributed by atoms with van der Waals surface area (Å²) in [5, 5.41) is 11.2. The van der Waals surface area contributed by atoms with Crippen LogP contribution in [0.3, 0.4) is 0 Å². The number of aromatic hydroxyl groups is 1. The monoisotopic (exact) mass is 487 g/mol. The van der Waals surface area contributed by atoms with E-state index in [0.29, 0.717) is 11.8 Å². The minimum absolute atomic E-state index is 0.252. The number of rotatable bonds is 8. The molecule has 3 aromatic carbocycles. The fraction of sp³-hybridized carbons (Fsp3) is 0.267. The summed E-state index contributed by atoms with van der Waals surface area (Å²) in [5.41, 5.74) is 6.38. The summed E-state index contributed by atoms with van der Waals surface area (Å²) in [7, 11) is 0. The van der Waals surface area contributed by atoms with E-state index in [0.717, 1.165) is 51.9 Å². The molecule has 35 heavy (non-hydrogen) atoms. The van der Waals surface area contributed by atoms with Crippen molar-refractivity contribution in [1.29, 1.82) is 0 Å². The van der Waals surface area contributed by atoms with Crippen LogP contribution >= 0.6 is 11.6 Å². The normalized spacial score (nSPS) is 14.9. The summed E-state index contributed by atoms with van der Waals surface area (Å²) in [4.78, 5) is 2.46. The third-order valence-corrected chi connectivity index (χ3v) is 6.85. The van der Waals surface area contributed by atoms with Gasteiger partial charge in [0.15, 0.2) is 5.22 Å². The molecular weight excluding hydrogens is 458 g/mol. The van der Waals surface area contributed by atoms with Gasteiger partial charge in [0.2, 0.25) is 0 Å². The third-order valence-electron chi connectivity index (χ3n) is 6.66. The van der Waals surface area contributed by atoms with Crippen molar-refractivity contribution in [2.24, 2.45) is 0 Å². The van der Waals surface area contributed by atoms with E-state index in [4.69, 9.17) is 20.8 Å². The number of hydrogen-bond acceptors (Lipinski definition) is 4. The van der Waals surface area contributed by atoms with Crippen LogP contribution in [0.2, 0.25) is 5.22 Å². The minimum Gasteiger partial charge on any atom is -0.508 e. The van der Waals surface area contributed by atoms with E-state index >= 15 is 0 Å². The van der Waals surface area contributed by atoms with Crippen molar-refractivity contribution < 1.29 is 14.3 Å². The summed E-state index contributed by atoms with van der Waals surface area (Å²) in [5.74, 6) is 1.13. The Morgan fingerprint density at radius 3 is 2.26 bits per heavy atom. The summed E-state index contributed by atoms with van der Waals surface area (Å²) < 4.78 is 11.6. The molecule has 180 valence electrons. The van der Waals surface area contributed by atoms with E-state index in [1.54, 1.807) is 12.1 Å². The van der Waals surface area contributed by atoms with Crippen LogP contribution in [0.5, 0.6) is 11.5 Å². The molecule has 0 spiro atoms. The number of halogens is 1. The van der Waals surface area contributed by atoms with E-state index in [9.17, 15) is 5.11 Å². The maximum Gasteiger partial charge on any atom is 0.194 e. The summed E-state index contributed by atoms with van der Waals surface area (Å²) in [6, 6.07) is 23.8. The Labute approximate surface area is 211 Å². The molecule has 0 atom stereocenters. The van der Waals surface area contributed by atoms with Crippen molar-refractivity contribution in [3.05, 3.63) is 94.7 Å². The van der Waals surface area contributed by atoms with Gasteiger partial charge in [-0.15, -0.1) is 0 Å². The molecule has 5 heteroatoms. The van der Waals surface area contributed by atoms with Gasteiger partial charge in [-0.05, 0) is 108 Å². The van der Waals surface area contributed by atoms with Gasteiger partial charge >= 0.3 is 0 Å². The van der Waals surface area contributed by atoms with Gasteiger partial charge in [-0.1, -0.05) is 37.3 Å². The molecule has 2 heterocycles. The molecule has 0 amide bonds. The molecule has 4 nitrogen and oxygen atoms in total. The highest BCUT2D eigenvalue weighted by molar-refractivity contribution is 6.29. The van der Waals surface area contributed by atoms with Crippen molar-refractivity contribution in [2.45, 2.75) is 26.2 Å². The van der Waals surface area contributed by atoms with Crippen LogP contribution < -0.4 is 4.74 Å². The molecule has 0 radical (unpaired) electrons. The van der Waals surface area contributed by atoms with Crippen molar-refractivity contribution >= 4 is 33.7 Å². The second kappa shape index (κ2) is 10.6. The zero-order chi connectivity index (χ0) is 24.2. The summed E-state index contributed by atoms with van der Waals surface area (Å²) in [6.07, 6.45) is 3.42. The smallest absolute Gasteiger partial charge is 0.194 e. The van der Waals surface area contributed by atoms with Gasteiger partial charge in [-0.25, -0.2) is 0 Å².